The molecular weight excluding hydrogens is 402 g/mol. The monoisotopic (exact) mass is 429 g/mol. The molecule has 0 saturated carbocycles. The molecule has 0 radical (unpaired) electrons. The van der Waals surface area contributed by atoms with Crippen molar-refractivity contribution in [3.8, 4) is 11.4 Å². The number of aromatic nitrogens is 3. The molecule has 0 aliphatic heterocycles. The number of nitrogens with zero attached hydrogens (tertiary/aromatic N) is 4. The minimum Gasteiger partial charge on any atom is -0.353 e. The van der Waals surface area contributed by atoms with Crippen molar-refractivity contribution in [1.82, 2.24) is 25.0 Å². The Morgan fingerprint density at radius 3 is 2.76 bits per heavy atom. The average molecular weight is 430 g/mol. The first-order valence-electron chi connectivity index (χ1n) is 9.59. The van der Waals surface area contributed by atoms with E-state index >= 15 is 0 Å². The number of hydrogen-bond acceptors (Lipinski definition) is 6. The maximum Gasteiger partial charge on any atom is 0.230 e. The van der Waals surface area contributed by atoms with Crippen molar-refractivity contribution in [3.63, 3.8) is 0 Å². The van der Waals surface area contributed by atoms with Crippen molar-refractivity contribution in [3.05, 3.63) is 52.2 Å². The standard InChI is InChI=1S/C21H27N5OS2/c1-5-26-20(16-9-6-8-15(2)12-16)23-24-21(26)29-14-19(27)22-13-17(25(3)4)18-10-7-11-28-18/h6-12,17H,5,13-14H2,1-4H3,(H,22,27). The summed E-state index contributed by atoms with van der Waals surface area (Å²) in [6.07, 6.45) is 0. The van der Waals surface area contributed by atoms with Gasteiger partial charge in [-0.3, -0.25) is 4.79 Å². The Balaban J connectivity index is 1.60. The van der Waals surface area contributed by atoms with E-state index < -0.39 is 0 Å². The minimum absolute atomic E-state index is 0.00108. The normalized spacial score (nSPS) is 12.3. The van der Waals surface area contributed by atoms with E-state index in [1.807, 2.05) is 32.3 Å². The molecule has 0 aliphatic carbocycles. The van der Waals surface area contributed by atoms with E-state index in [2.05, 4.69) is 62.4 Å². The van der Waals surface area contributed by atoms with Crippen molar-refractivity contribution in [1.29, 1.82) is 0 Å². The largest absolute Gasteiger partial charge is 0.353 e. The summed E-state index contributed by atoms with van der Waals surface area (Å²) in [6, 6.07) is 12.5. The molecule has 1 atom stereocenters. The topological polar surface area (TPSA) is 63.1 Å². The van der Waals surface area contributed by atoms with Crippen LogP contribution in [0.25, 0.3) is 11.4 Å². The Morgan fingerprint density at radius 2 is 2.10 bits per heavy atom. The third kappa shape index (κ3) is 5.46. The van der Waals surface area contributed by atoms with Crippen LogP contribution in [-0.4, -0.2) is 52.0 Å². The molecule has 6 nitrogen and oxygen atoms in total. The number of nitrogens with one attached hydrogen (secondary N) is 1. The van der Waals surface area contributed by atoms with Crippen LogP contribution in [0.4, 0.5) is 0 Å². The molecule has 29 heavy (non-hydrogen) atoms. The molecule has 0 saturated heterocycles. The molecule has 0 spiro atoms. The highest BCUT2D eigenvalue weighted by molar-refractivity contribution is 7.99. The van der Waals surface area contributed by atoms with Gasteiger partial charge in [-0.1, -0.05) is 41.6 Å². The second-order valence-electron chi connectivity index (χ2n) is 7.01. The molecule has 1 aromatic carbocycles. The van der Waals surface area contributed by atoms with Crippen LogP contribution in [0.1, 0.15) is 23.4 Å². The van der Waals surface area contributed by atoms with Crippen molar-refractivity contribution < 1.29 is 4.79 Å². The van der Waals surface area contributed by atoms with Gasteiger partial charge in [-0.05, 0) is 45.5 Å². The molecule has 3 rings (SSSR count). The van der Waals surface area contributed by atoms with Gasteiger partial charge in [0.15, 0.2) is 11.0 Å². The third-order valence-electron chi connectivity index (χ3n) is 4.63. The lowest BCUT2D eigenvalue weighted by atomic mass is 10.1. The van der Waals surface area contributed by atoms with Gasteiger partial charge in [0.25, 0.3) is 0 Å². The van der Waals surface area contributed by atoms with E-state index in [4.69, 9.17) is 0 Å². The molecule has 0 aliphatic rings. The molecule has 154 valence electrons. The first kappa shape index (κ1) is 21.5. The van der Waals surface area contributed by atoms with Crippen LogP contribution in [0, 0.1) is 6.92 Å². The molecular formula is C21H27N5OS2. The van der Waals surface area contributed by atoms with Crippen molar-refractivity contribution in [2.24, 2.45) is 0 Å². The van der Waals surface area contributed by atoms with Crippen LogP contribution in [0.5, 0.6) is 0 Å². The van der Waals surface area contributed by atoms with E-state index in [1.165, 1.54) is 22.2 Å². The van der Waals surface area contributed by atoms with E-state index in [9.17, 15) is 4.79 Å². The van der Waals surface area contributed by atoms with Crippen LogP contribution < -0.4 is 5.32 Å². The lowest BCUT2D eigenvalue weighted by Crippen LogP contribution is -2.35. The summed E-state index contributed by atoms with van der Waals surface area (Å²) in [5.74, 6) is 1.15. The summed E-state index contributed by atoms with van der Waals surface area (Å²) < 4.78 is 2.06. The smallest absolute Gasteiger partial charge is 0.230 e. The summed E-state index contributed by atoms with van der Waals surface area (Å²) in [5, 5.41) is 14.6. The van der Waals surface area contributed by atoms with Gasteiger partial charge in [0.2, 0.25) is 5.91 Å². The number of thioether (sulfide) groups is 1. The van der Waals surface area contributed by atoms with Gasteiger partial charge >= 0.3 is 0 Å². The Hall–Kier alpha value is -2.16. The number of amides is 1. The predicted octanol–water partition coefficient (Wildman–Crippen LogP) is 3.85. The van der Waals surface area contributed by atoms with E-state index in [0.717, 1.165) is 23.1 Å². The highest BCUT2D eigenvalue weighted by Gasteiger charge is 2.18. The second-order valence-corrected chi connectivity index (χ2v) is 8.93. The van der Waals surface area contributed by atoms with Gasteiger partial charge in [0.05, 0.1) is 11.8 Å². The Kier molecular flexibility index (Phi) is 7.46. The van der Waals surface area contributed by atoms with Gasteiger partial charge < -0.3 is 14.8 Å². The molecule has 3 aromatic rings. The maximum atomic E-state index is 12.4. The quantitative estimate of drug-likeness (QED) is 0.524. The molecule has 1 unspecified atom stereocenters. The summed E-state index contributed by atoms with van der Waals surface area (Å²) in [4.78, 5) is 15.8. The third-order valence-corrected chi connectivity index (χ3v) is 6.57. The van der Waals surface area contributed by atoms with Crippen molar-refractivity contribution >= 4 is 29.0 Å². The molecule has 0 fully saturated rings. The first-order valence-corrected chi connectivity index (χ1v) is 11.5. The van der Waals surface area contributed by atoms with Crippen LogP contribution in [-0.2, 0) is 11.3 Å². The van der Waals surface area contributed by atoms with Crippen molar-refractivity contribution in [2.75, 3.05) is 26.4 Å². The van der Waals surface area contributed by atoms with Gasteiger partial charge in [-0.2, -0.15) is 0 Å². The Labute approximate surface area is 180 Å². The summed E-state index contributed by atoms with van der Waals surface area (Å²) in [5.41, 5.74) is 2.23. The maximum absolute atomic E-state index is 12.4. The summed E-state index contributed by atoms with van der Waals surface area (Å²) in [6.45, 7) is 5.46. The van der Waals surface area contributed by atoms with E-state index in [0.29, 0.717) is 12.3 Å². The lowest BCUT2D eigenvalue weighted by Gasteiger charge is -2.23. The molecule has 2 aromatic heterocycles. The van der Waals surface area contributed by atoms with Crippen LogP contribution >= 0.6 is 23.1 Å². The number of rotatable bonds is 9. The number of likely N-dealkylation sites (N-methyl/N-ethyl adjacent to an activating group) is 1. The minimum atomic E-state index is 0.00108. The number of hydrogen-bond donors (Lipinski definition) is 1. The number of carbonyl (C=O) groups is 1. The molecule has 1 amide bonds. The second kappa shape index (κ2) is 10.0. The van der Waals surface area contributed by atoms with E-state index in [1.54, 1.807) is 11.3 Å². The lowest BCUT2D eigenvalue weighted by molar-refractivity contribution is -0.118. The fraction of sp³-hybridized carbons (Fsp3) is 0.381. The Morgan fingerprint density at radius 1 is 1.28 bits per heavy atom. The molecule has 0 bridgehead atoms. The first-order chi connectivity index (χ1) is 14.0. The van der Waals surface area contributed by atoms with Crippen LogP contribution in [0.3, 0.4) is 0 Å². The number of carbonyl (C=O) groups excluding carboxylic acids is 1. The number of benzene rings is 1. The summed E-state index contributed by atoms with van der Waals surface area (Å²) >= 11 is 3.13. The zero-order chi connectivity index (χ0) is 20.8. The van der Waals surface area contributed by atoms with Gasteiger partial charge in [-0.25, -0.2) is 0 Å². The zero-order valence-electron chi connectivity index (χ0n) is 17.3. The van der Waals surface area contributed by atoms with Gasteiger partial charge in [0.1, 0.15) is 0 Å². The predicted molar refractivity (Wildman–Crippen MR) is 120 cm³/mol. The highest BCUT2D eigenvalue weighted by atomic mass is 32.2. The number of aryl methyl sites for hydroxylation is 1. The van der Waals surface area contributed by atoms with E-state index in [-0.39, 0.29) is 11.9 Å². The van der Waals surface area contributed by atoms with Gasteiger partial charge in [-0.15, -0.1) is 21.5 Å². The fourth-order valence-electron chi connectivity index (χ4n) is 3.09. The van der Waals surface area contributed by atoms with Crippen molar-refractivity contribution in [2.45, 2.75) is 31.6 Å². The summed E-state index contributed by atoms with van der Waals surface area (Å²) in [7, 11) is 4.06. The average Bonchev–Trinajstić information content (AvgIpc) is 3.36. The van der Waals surface area contributed by atoms with Crippen LogP contribution in [0.15, 0.2) is 46.9 Å². The Bertz CT molecular complexity index is 936. The van der Waals surface area contributed by atoms with Gasteiger partial charge in [0, 0.05) is 23.5 Å². The van der Waals surface area contributed by atoms with Crippen LogP contribution in [0.2, 0.25) is 0 Å². The molecule has 2 heterocycles. The molecule has 1 N–H and O–H groups in total. The molecule has 8 heteroatoms. The highest BCUT2D eigenvalue weighted by Crippen LogP contribution is 2.25. The zero-order valence-corrected chi connectivity index (χ0v) is 18.9. The SMILES string of the molecule is CCn1c(SCC(=O)NCC(c2cccs2)N(C)C)nnc1-c1cccc(C)c1. The fourth-order valence-corrected chi connectivity index (χ4v) is 4.84. The number of thiophene rings is 1.